The molecule has 0 aliphatic heterocycles. The molecule has 18 heavy (non-hydrogen) atoms. The topological polar surface area (TPSA) is 64.1 Å². The average molecular weight is 249 g/mol. The van der Waals surface area contributed by atoms with E-state index in [1.54, 1.807) is 0 Å². The van der Waals surface area contributed by atoms with Crippen molar-refractivity contribution in [3.63, 3.8) is 0 Å². The molecule has 1 fully saturated rings. The van der Waals surface area contributed by atoms with Gasteiger partial charge in [-0.15, -0.1) is 0 Å². The van der Waals surface area contributed by atoms with Crippen LogP contribution >= 0.6 is 0 Å². The molecule has 0 bridgehead atoms. The van der Waals surface area contributed by atoms with E-state index in [9.17, 15) is 4.79 Å². The number of ether oxygens (including phenoxy) is 1. The Morgan fingerprint density at radius 1 is 1.33 bits per heavy atom. The molecule has 1 aromatic rings. The third kappa shape index (κ3) is 3.18. The second-order valence-electron chi connectivity index (χ2n) is 4.68. The van der Waals surface area contributed by atoms with Crippen molar-refractivity contribution in [2.45, 2.75) is 40.0 Å². The fourth-order valence-electron chi connectivity index (χ4n) is 1.83. The lowest BCUT2D eigenvalue weighted by Gasteiger charge is -2.11. The van der Waals surface area contributed by atoms with E-state index in [1.807, 2.05) is 20.8 Å². The van der Waals surface area contributed by atoms with E-state index in [4.69, 9.17) is 4.74 Å². The summed E-state index contributed by atoms with van der Waals surface area (Å²) in [6.07, 6.45) is 2.95. The van der Waals surface area contributed by atoms with Crippen LogP contribution in [0, 0.1) is 19.8 Å². The standard InChI is InChI=1S/C13H19N3O2/c1-4-18-13-14-8(2)12(9(3)15-13)16-11(17)7-10-5-6-10/h10H,4-7H2,1-3H3,(H,16,17). The summed E-state index contributed by atoms with van der Waals surface area (Å²) in [4.78, 5) is 20.2. The van der Waals surface area contributed by atoms with Gasteiger partial charge in [-0.25, -0.2) is 0 Å². The molecular formula is C13H19N3O2. The molecule has 1 N–H and O–H groups in total. The first-order valence-electron chi connectivity index (χ1n) is 6.38. The molecule has 1 aliphatic rings. The minimum absolute atomic E-state index is 0.0523. The minimum Gasteiger partial charge on any atom is -0.464 e. The van der Waals surface area contributed by atoms with Crippen molar-refractivity contribution < 1.29 is 9.53 Å². The van der Waals surface area contributed by atoms with Crippen molar-refractivity contribution in [1.29, 1.82) is 0 Å². The zero-order valence-corrected chi connectivity index (χ0v) is 11.1. The van der Waals surface area contributed by atoms with Crippen LogP contribution in [0.5, 0.6) is 6.01 Å². The van der Waals surface area contributed by atoms with Gasteiger partial charge in [-0.3, -0.25) is 4.79 Å². The zero-order valence-electron chi connectivity index (χ0n) is 11.1. The Hall–Kier alpha value is -1.65. The van der Waals surface area contributed by atoms with Gasteiger partial charge in [-0.1, -0.05) is 0 Å². The molecule has 1 amide bonds. The van der Waals surface area contributed by atoms with Crippen LogP contribution in [0.25, 0.3) is 0 Å². The van der Waals surface area contributed by atoms with Crippen molar-refractivity contribution >= 4 is 11.6 Å². The van der Waals surface area contributed by atoms with Crippen LogP contribution in [0.4, 0.5) is 5.69 Å². The number of carbonyl (C=O) groups excluding carboxylic acids is 1. The number of rotatable bonds is 5. The third-order valence-corrected chi connectivity index (χ3v) is 2.96. The Kier molecular flexibility index (Phi) is 3.79. The molecule has 0 radical (unpaired) electrons. The molecular weight excluding hydrogens is 230 g/mol. The van der Waals surface area contributed by atoms with Gasteiger partial charge in [0.15, 0.2) is 0 Å². The van der Waals surface area contributed by atoms with E-state index < -0.39 is 0 Å². The SMILES string of the molecule is CCOc1nc(C)c(NC(=O)CC2CC2)c(C)n1. The number of hydrogen-bond acceptors (Lipinski definition) is 4. The number of anilines is 1. The molecule has 0 saturated heterocycles. The van der Waals surface area contributed by atoms with Crippen LogP contribution in [0.15, 0.2) is 0 Å². The van der Waals surface area contributed by atoms with Gasteiger partial charge in [-0.2, -0.15) is 9.97 Å². The Labute approximate surface area is 107 Å². The molecule has 0 spiro atoms. The average Bonchev–Trinajstić information content (AvgIpc) is 3.08. The van der Waals surface area contributed by atoms with E-state index in [-0.39, 0.29) is 5.91 Å². The first-order valence-corrected chi connectivity index (χ1v) is 6.38. The minimum atomic E-state index is 0.0523. The van der Waals surface area contributed by atoms with Crippen molar-refractivity contribution in [3.8, 4) is 6.01 Å². The van der Waals surface area contributed by atoms with Crippen molar-refractivity contribution in [1.82, 2.24) is 9.97 Å². The van der Waals surface area contributed by atoms with Gasteiger partial charge in [0.1, 0.15) is 0 Å². The molecule has 0 atom stereocenters. The molecule has 1 saturated carbocycles. The van der Waals surface area contributed by atoms with Crippen LogP contribution in [0.1, 0.15) is 37.6 Å². The first kappa shape index (κ1) is 12.8. The first-order chi connectivity index (χ1) is 8.60. The molecule has 5 nitrogen and oxygen atoms in total. The van der Waals surface area contributed by atoms with E-state index in [0.29, 0.717) is 30.6 Å². The number of aromatic nitrogens is 2. The van der Waals surface area contributed by atoms with Crippen LogP contribution in [0.2, 0.25) is 0 Å². The summed E-state index contributed by atoms with van der Waals surface area (Å²) in [7, 11) is 0. The van der Waals surface area contributed by atoms with Crippen LogP contribution in [0.3, 0.4) is 0 Å². The second kappa shape index (κ2) is 5.33. The van der Waals surface area contributed by atoms with Crippen molar-refractivity contribution in [3.05, 3.63) is 11.4 Å². The fourth-order valence-corrected chi connectivity index (χ4v) is 1.83. The molecule has 0 aromatic carbocycles. The van der Waals surface area contributed by atoms with Crippen molar-refractivity contribution in [2.75, 3.05) is 11.9 Å². The highest BCUT2D eigenvalue weighted by molar-refractivity contribution is 5.92. The summed E-state index contributed by atoms with van der Waals surface area (Å²) in [5.41, 5.74) is 2.20. The van der Waals surface area contributed by atoms with Crippen LogP contribution in [-0.4, -0.2) is 22.5 Å². The van der Waals surface area contributed by atoms with E-state index in [0.717, 1.165) is 11.4 Å². The van der Waals surface area contributed by atoms with E-state index in [1.165, 1.54) is 12.8 Å². The van der Waals surface area contributed by atoms with Gasteiger partial charge in [-0.05, 0) is 39.5 Å². The normalized spacial score (nSPS) is 14.4. The summed E-state index contributed by atoms with van der Waals surface area (Å²) in [5.74, 6) is 0.630. The monoisotopic (exact) mass is 249 g/mol. The van der Waals surface area contributed by atoms with E-state index >= 15 is 0 Å². The second-order valence-corrected chi connectivity index (χ2v) is 4.68. The number of amides is 1. The van der Waals surface area contributed by atoms with E-state index in [2.05, 4.69) is 15.3 Å². The highest BCUT2D eigenvalue weighted by Gasteiger charge is 2.25. The van der Waals surface area contributed by atoms with Crippen LogP contribution in [-0.2, 0) is 4.79 Å². The molecule has 5 heteroatoms. The Morgan fingerprint density at radius 2 is 1.94 bits per heavy atom. The lowest BCUT2D eigenvalue weighted by molar-refractivity contribution is -0.116. The smallest absolute Gasteiger partial charge is 0.316 e. The summed E-state index contributed by atoms with van der Waals surface area (Å²) < 4.78 is 5.27. The molecule has 1 heterocycles. The van der Waals surface area contributed by atoms with Crippen molar-refractivity contribution in [2.24, 2.45) is 5.92 Å². The largest absolute Gasteiger partial charge is 0.464 e. The molecule has 1 aromatic heterocycles. The number of aryl methyl sites for hydroxylation is 2. The lowest BCUT2D eigenvalue weighted by atomic mass is 10.2. The number of nitrogens with zero attached hydrogens (tertiary/aromatic N) is 2. The summed E-state index contributed by atoms with van der Waals surface area (Å²) >= 11 is 0. The zero-order chi connectivity index (χ0) is 13.1. The van der Waals surface area contributed by atoms with Gasteiger partial charge >= 0.3 is 6.01 Å². The molecule has 2 rings (SSSR count). The maximum Gasteiger partial charge on any atom is 0.316 e. The Bertz CT molecular complexity index is 433. The summed E-state index contributed by atoms with van der Waals surface area (Å²) in [6, 6.07) is 0.368. The Morgan fingerprint density at radius 3 is 2.44 bits per heavy atom. The molecule has 98 valence electrons. The maximum absolute atomic E-state index is 11.8. The lowest BCUT2D eigenvalue weighted by Crippen LogP contribution is -2.15. The molecule has 0 unspecified atom stereocenters. The predicted octanol–water partition coefficient (Wildman–Crippen LogP) is 2.23. The summed E-state index contributed by atoms with van der Waals surface area (Å²) in [6.45, 7) is 6.12. The number of hydrogen-bond donors (Lipinski definition) is 1. The quantitative estimate of drug-likeness (QED) is 0.869. The van der Waals surface area contributed by atoms with Gasteiger partial charge in [0, 0.05) is 6.42 Å². The van der Waals surface area contributed by atoms with Gasteiger partial charge in [0.25, 0.3) is 0 Å². The van der Waals surface area contributed by atoms with Gasteiger partial charge in [0.05, 0.1) is 23.7 Å². The fraction of sp³-hybridized carbons (Fsp3) is 0.615. The van der Waals surface area contributed by atoms with Gasteiger partial charge < -0.3 is 10.1 Å². The number of carbonyl (C=O) groups is 1. The maximum atomic E-state index is 11.8. The third-order valence-electron chi connectivity index (χ3n) is 2.96. The Balaban J connectivity index is 2.08. The predicted molar refractivity (Wildman–Crippen MR) is 68.6 cm³/mol. The highest BCUT2D eigenvalue weighted by Crippen LogP contribution is 2.32. The van der Waals surface area contributed by atoms with Crippen LogP contribution < -0.4 is 10.1 Å². The van der Waals surface area contributed by atoms with Gasteiger partial charge in [0.2, 0.25) is 5.91 Å². The molecule has 1 aliphatic carbocycles. The highest BCUT2D eigenvalue weighted by atomic mass is 16.5. The summed E-state index contributed by atoms with van der Waals surface area (Å²) in [5, 5.41) is 2.90. The number of nitrogens with one attached hydrogen (secondary N) is 1.